The zero-order valence-corrected chi connectivity index (χ0v) is 33.1. The molecule has 1 atom stereocenters. The number of anilines is 2. The van der Waals surface area contributed by atoms with Gasteiger partial charge in [0.1, 0.15) is 6.10 Å². The van der Waals surface area contributed by atoms with Crippen molar-refractivity contribution in [2.45, 2.75) is 211 Å². The van der Waals surface area contributed by atoms with Gasteiger partial charge in [-0.3, -0.25) is 0 Å². The SMILES string of the molecule is CC1(C)CC(Nc2nc(NC3CC(C)(C)N([O])C4(C3)CC(C)(C)N([O])C(C)(C)C4)nc(OC3CC(C)(C)N([O])C(C)(C)C3)n2)CC(C)(C)N1[O]. The third-order valence-electron chi connectivity index (χ3n) is 11.7. The second kappa shape index (κ2) is 12.3. The quantitative estimate of drug-likeness (QED) is 0.352. The highest BCUT2D eigenvalue weighted by atomic mass is 16.5. The van der Waals surface area contributed by atoms with Crippen LogP contribution in [0.4, 0.5) is 11.9 Å². The Hall–Kier alpha value is -1.91. The first-order valence-electron chi connectivity index (χ1n) is 18.4. The van der Waals surface area contributed by atoms with Gasteiger partial charge in [0, 0.05) is 63.7 Å². The second-order valence-corrected chi connectivity index (χ2v) is 20.4. The number of hydrogen-bond acceptors (Lipinski definition) is 10. The zero-order valence-electron chi connectivity index (χ0n) is 33.1. The molecule has 2 N–H and O–H groups in total. The molecule has 282 valence electrons. The van der Waals surface area contributed by atoms with Gasteiger partial charge in [-0.05, 0) is 135 Å². The van der Waals surface area contributed by atoms with E-state index in [0.717, 1.165) is 5.06 Å². The summed E-state index contributed by atoms with van der Waals surface area (Å²) < 4.78 is 6.50. The maximum atomic E-state index is 14.2. The van der Waals surface area contributed by atoms with Gasteiger partial charge in [0.05, 0.1) is 5.54 Å². The van der Waals surface area contributed by atoms with Crippen LogP contribution in [0.25, 0.3) is 0 Å². The van der Waals surface area contributed by atoms with Crippen LogP contribution in [0.1, 0.15) is 148 Å². The van der Waals surface area contributed by atoms with Crippen LogP contribution < -0.4 is 15.4 Å². The number of aromatic nitrogens is 3. The van der Waals surface area contributed by atoms with Crippen molar-refractivity contribution in [3.8, 4) is 6.01 Å². The Labute approximate surface area is 299 Å². The van der Waals surface area contributed by atoms with Crippen molar-refractivity contribution in [2.75, 3.05) is 10.6 Å². The minimum absolute atomic E-state index is 0.0810. The Morgan fingerprint density at radius 1 is 0.480 bits per heavy atom. The molecule has 0 saturated carbocycles. The van der Waals surface area contributed by atoms with Crippen molar-refractivity contribution in [3.63, 3.8) is 0 Å². The molecule has 4 saturated heterocycles. The molecule has 0 aliphatic carbocycles. The Balaban J connectivity index is 1.48. The average Bonchev–Trinajstić information content (AvgIpc) is 2.91. The molecule has 4 aliphatic heterocycles. The van der Waals surface area contributed by atoms with E-state index in [1.54, 1.807) is 0 Å². The van der Waals surface area contributed by atoms with Crippen molar-refractivity contribution in [3.05, 3.63) is 0 Å². The molecular weight excluding hydrogens is 638 g/mol. The summed E-state index contributed by atoms with van der Waals surface area (Å²) in [5, 5.41) is 65.5. The second-order valence-electron chi connectivity index (χ2n) is 20.4. The van der Waals surface area contributed by atoms with E-state index in [9.17, 15) is 20.8 Å². The van der Waals surface area contributed by atoms with E-state index < -0.39 is 44.3 Å². The van der Waals surface area contributed by atoms with Gasteiger partial charge in [0.15, 0.2) is 0 Å². The van der Waals surface area contributed by atoms with Gasteiger partial charge in [0.2, 0.25) is 11.9 Å². The number of hydrogen-bond donors (Lipinski definition) is 2. The standard InChI is InChI=1S/C36H63N9O5/c1-29(2)15-23(16-30(3,4)42(29)46)37-26-39-27(41-28(40-26)50-25-19-32(7,8)43(47)33(9,10)20-25)38-24-17-31(5,6)45(49)36(18-24)21-34(11,12)44(48)35(13,14)22-36/h23-25H,15-22H2,1-14H3,(H2,37,38,39,40,41). The zero-order chi connectivity index (χ0) is 37.7. The predicted molar refractivity (Wildman–Crippen MR) is 187 cm³/mol. The fourth-order valence-electron chi connectivity index (χ4n) is 10.6. The molecular formula is C36H63N9O5. The van der Waals surface area contributed by atoms with Crippen LogP contribution >= 0.6 is 0 Å². The summed E-state index contributed by atoms with van der Waals surface area (Å²) in [6, 6.07) is -0.105. The van der Waals surface area contributed by atoms with E-state index in [0.29, 0.717) is 63.3 Å². The van der Waals surface area contributed by atoms with Crippen molar-refractivity contribution in [1.29, 1.82) is 0 Å². The molecule has 5 rings (SSSR count). The van der Waals surface area contributed by atoms with Crippen molar-refractivity contribution < 1.29 is 25.6 Å². The van der Waals surface area contributed by atoms with Crippen LogP contribution in [-0.2, 0) is 20.8 Å². The fraction of sp³-hybridized carbons (Fsp3) is 0.917. The van der Waals surface area contributed by atoms with Crippen molar-refractivity contribution >= 4 is 11.9 Å². The largest absolute Gasteiger partial charge is 0.460 e. The topological polar surface area (TPSA) is 165 Å². The molecule has 1 spiro atoms. The summed E-state index contributed by atoms with van der Waals surface area (Å²) in [6.07, 6.45) is 3.81. The molecule has 0 aromatic carbocycles. The molecule has 14 nitrogen and oxygen atoms in total. The molecule has 1 aromatic rings. The molecule has 4 radical (unpaired) electrons. The summed E-state index contributed by atoms with van der Waals surface area (Å²) in [5.41, 5.74) is -5.40. The Bertz CT molecular complexity index is 1300. The normalized spacial score (nSPS) is 31.0. The van der Waals surface area contributed by atoms with E-state index in [1.807, 2.05) is 96.9 Å². The molecule has 4 fully saturated rings. The molecule has 0 bridgehead atoms. The smallest absolute Gasteiger partial charge is 0.323 e. The molecule has 1 aromatic heterocycles. The third kappa shape index (κ3) is 7.46. The van der Waals surface area contributed by atoms with Gasteiger partial charge in [-0.15, -0.1) is 41.1 Å². The summed E-state index contributed by atoms with van der Waals surface area (Å²) in [6.45, 7) is 27.2. The van der Waals surface area contributed by atoms with Crippen molar-refractivity contribution in [2.24, 2.45) is 0 Å². The first-order valence-corrected chi connectivity index (χ1v) is 18.4. The van der Waals surface area contributed by atoms with Gasteiger partial charge in [0.25, 0.3) is 0 Å². The van der Waals surface area contributed by atoms with Crippen molar-refractivity contribution in [1.82, 2.24) is 35.2 Å². The van der Waals surface area contributed by atoms with E-state index in [4.69, 9.17) is 19.7 Å². The fourth-order valence-corrected chi connectivity index (χ4v) is 10.6. The molecule has 14 heteroatoms. The molecule has 1 unspecified atom stereocenters. The summed E-state index contributed by atoms with van der Waals surface area (Å²) in [7, 11) is 0. The van der Waals surface area contributed by atoms with E-state index in [1.165, 1.54) is 15.2 Å². The maximum Gasteiger partial charge on any atom is 0.323 e. The highest BCUT2D eigenvalue weighted by Crippen LogP contribution is 2.52. The number of piperidine rings is 4. The lowest BCUT2D eigenvalue weighted by atomic mass is 9.63. The lowest BCUT2D eigenvalue weighted by Gasteiger charge is -2.62. The minimum Gasteiger partial charge on any atom is -0.460 e. The van der Waals surface area contributed by atoms with Gasteiger partial charge < -0.3 is 15.4 Å². The molecule has 0 amide bonds. The van der Waals surface area contributed by atoms with E-state index >= 15 is 0 Å². The number of hydroxylamine groups is 8. The number of ether oxygens (including phenoxy) is 1. The highest BCUT2D eigenvalue weighted by molar-refractivity contribution is 5.38. The Morgan fingerprint density at radius 2 is 0.820 bits per heavy atom. The highest BCUT2D eigenvalue weighted by Gasteiger charge is 2.61. The van der Waals surface area contributed by atoms with Gasteiger partial charge in [-0.1, -0.05) is 0 Å². The van der Waals surface area contributed by atoms with Crippen LogP contribution in [0.15, 0.2) is 0 Å². The number of rotatable bonds is 6. The lowest BCUT2D eigenvalue weighted by molar-refractivity contribution is -0.360. The first kappa shape index (κ1) is 39.3. The predicted octanol–water partition coefficient (Wildman–Crippen LogP) is 6.13. The van der Waals surface area contributed by atoms with E-state index in [-0.39, 0.29) is 24.2 Å². The Morgan fingerprint density at radius 3 is 1.24 bits per heavy atom. The monoisotopic (exact) mass is 701 g/mol. The van der Waals surface area contributed by atoms with Gasteiger partial charge in [-0.25, -0.2) is 0 Å². The van der Waals surface area contributed by atoms with Crippen LogP contribution in [-0.4, -0.2) is 97.7 Å². The van der Waals surface area contributed by atoms with E-state index in [2.05, 4.69) is 10.6 Å². The number of nitrogens with zero attached hydrogens (tertiary/aromatic N) is 7. The summed E-state index contributed by atoms with van der Waals surface area (Å²) >= 11 is 0. The average molecular weight is 702 g/mol. The van der Waals surface area contributed by atoms with Crippen LogP contribution in [0.2, 0.25) is 0 Å². The molecule has 50 heavy (non-hydrogen) atoms. The Kier molecular flexibility index (Phi) is 9.69. The summed E-state index contributed by atoms with van der Waals surface area (Å²) in [5.74, 6) is 0.664. The maximum absolute atomic E-state index is 14.2. The minimum atomic E-state index is -0.770. The van der Waals surface area contributed by atoms with Gasteiger partial charge in [-0.2, -0.15) is 15.0 Å². The van der Waals surface area contributed by atoms with Gasteiger partial charge >= 0.3 is 6.01 Å². The van der Waals surface area contributed by atoms with Crippen LogP contribution in [0, 0.1) is 0 Å². The molecule has 5 heterocycles. The van der Waals surface area contributed by atoms with Crippen LogP contribution in [0.3, 0.4) is 0 Å². The third-order valence-corrected chi connectivity index (χ3v) is 11.7. The van der Waals surface area contributed by atoms with Crippen LogP contribution in [0.5, 0.6) is 6.01 Å². The first-order chi connectivity index (χ1) is 22.5. The lowest BCUT2D eigenvalue weighted by Crippen LogP contribution is -2.72. The molecule has 4 aliphatic rings. The summed E-state index contributed by atoms with van der Waals surface area (Å²) in [4.78, 5) is 14.4. The number of nitrogens with one attached hydrogen (secondary N) is 2.